The molecule has 7 heteroatoms. The number of aldehydes is 1. The van der Waals surface area contributed by atoms with Crippen LogP contribution < -0.4 is 0 Å². The monoisotopic (exact) mass is 273 g/mol. The molecule has 19 heavy (non-hydrogen) atoms. The van der Waals surface area contributed by atoms with Crippen LogP contribution in [0.3, 0.4) is 0 Å². The molecule has 0 saturated carbocycles. The molecule has 0 saturated heterocycles. The average Bonchev–Trinajstić information content (AvgIpc) is 2.98. The maximum atomic E-state index is 10.8. The zero-order valence-corrected chi connectivity index (χ0v) is 10.3. The highest BCUT2D eigenvalue weighted by molar-refractivity contribution is 7.15. The van der Waals surface area contributed by atoms with Crippen molar-refractivity contribution in [2.75, 3.05) is 0 Å². The molecule has 3 rings (SSSR count). The number of nitro groups is 1. The number of benzene rings is 1. The van der Waals surface area contributed by atoms with Gasteiger partial charge in [0.15, 0.2) is 11.2 Å². The lowest BCUT2D eigenvalue weighted by molar-refractivity contribution is -0.384. The number of thiazole rings is 1. The maximum Gasteiger partial charge on any atom is 0.270 e. The van der Waals surface area contributed by atoms with Gasteiger partial charge in [-0.2, -0.15) is 0 Å². The molecule has 0 aliphatic carbocycles. The molecule has 1 aromatic carbocycles. The van der Waals surface area contributed by atoms with Crippen molar-refractivity contribution >= 4 is 28.3 Å². The molecule has 0 fully saturated rings. The minimum atomic E-state index is -0.433. The van der Waals surface area contributed by atoms with Gasteiger partial charge in [-0.15, -0.1) is 11.3 Å². The number of hydrogen-bond acceptors (Lipinski definition) is 5. The van der Waals surface area contributed by atoms with Gasteiger partial charge >= 0.3 is 0 Å². The van der Waals surface area contributed by atoms with E-state index in [0.717, 1.165) is 11.3 Å². The minimum Gasteiger partial charge on any atom is -0.296 e. The molecule has 2 heterocycles. The van der Waals surface area contributed by atoms with E-state index in [1.165, 1.54) is 23.5 Å². The van der Waals surface area contributed by atoms with Gasteiger partial charge in [-0.25, -0.2) is 4.98 Å². The highest BCUT2D eigenvalue weighted by atomic mass is 32.1. The number of imidazole rings is 1. The summed E-state index contributed by atoms with van der Waals surface area (Å²) < 4.78 is 1.76. The number of carbonyl (C=O) groups is 1. The van der Waals surface area contributed by atoms with Gasteiger partial charge in [0.1, 0.15) is 5.69 Å². The van der Waals surface area contributed by atoms with Crippen LogP contribution in [0.1, 0.15) is 10.5 Å². The standard InChI is InChI=1S/C12H7N3O3S/c16-6-9-5-14-11(7-19-12(14)13-9)8-2-1-3-10(4-8)15(17)18/h1-7H. The maximum absolute atomic E-state index is 10.8. The van der Waals surface area contributed by atoms with Crippen molar-refractivity contribution in [2.45, 2.75) is 0 Å². The molecule has 0 N–H and O–H groups in total. The molecule has 0 unspecified atom stereocenters. The van der Waals surface area contributed by atoms with E-state index in [9.17, 15) is 14.9 Å². The molecular formula is C12H7N3O3S. The average molecular weight is 273 g/mol. The predicted molar refractivity (Wildman–Crippen MR) is 70.5 cm³/mol. The number of non-ortho nitro benzene ring substituents is 1. The topological polar surface area (TPSA) is 77.5 Å². The number of rotatable bonds is 3. The number of carbonyl (C=O) groups excluding carboxylic acids is 1. The smallest absolute Gasteiger partial charge is 0.270 e. The van der Waals surface area contributed by atoms with Crippen molar-refractivity contribution in [3.05, 3.63) is 51.7 Å². The normalized spacial score (nSPS) is 10.7. The first-order valence-corrected chi connectivity index (χ1v) is 6.23. The predicted octanol–water partition coefficient (Wildman–Crippen LogP) is 2.78. The van der Waals surface area contributed by atoms with Gasteiger partial charge in [0.2, 0.25) is 0 Å². The second kappa shape index (κ2) is 4.29. The molecule has 0 atom stereocenters. The highest BCUT2D eigenvalue weighted by Gasteiger charge is 2.12. The van der Waals surface area contributed by atoms with E-state index in [-0.39, 0.29) is 5.69 Å². The van der Waals surface area contributed by atoms with E-state index < -0.39 is 4.92 Å². The van der Waals surface area contributed by atoms with Gasteiger partial charge < -0.3 is 0 Å². The van der Waals surface area contributed by atoms with Crippen molar-refractivity contribution < 1.29 is 9.72 Å². The third kappa shape index (κ3) is 1.89. The summed E-state index contributed by atoms with van der Waals surface area (Å²) in [6.45, 7) is 0. The van der Waals surface area contributed by atoms with Crippen molar-refractivity contribution in [3.63, 3.8) is 0 Å². The molecule has 6 nitrogen and oxygen atoms in total. The summed E-state index contributed by atoms with van der Waals surface area (Å²) in [5.41, 5.74) is 1.88. The fourth-order valence-electron chi connectivity index (χ4n) is 1.84. The Morgan fingerprint density at radius 2 is 2.26 bits per heavy atom. The van der Waals surface area contributed by atoms with Crippen molar-refractivity contribution in [2.24, 2.45) is 0 Å². The SMILES string of the molecule is O=Cc1cn2c(-c3cccc([N+](=O)[O-])c3)csc2n1. The lowest BCUT2D eigenvalue weighted by Crippen LogP contribution is -1.89. The van der Waals surface area contributed by atoms with E-state index in [1.54, 1.807) is 22.7 Å². The van der Waals surface area contributed by atoms with Crippen molar-refractivity contribution in [1.82, 2.24) is 9.38 Å². The zero-order chi connectivity index (χ0) is 13.4. The number of fused-ring (bicyclic) bond motifs is 1. The Kier molecular flexibility index (Phi) is 2.60. The Balaban J connectivity index is 2.18. The van der Waals surface area contributed by atoms with E-state index in [2.05, 4.69) is 4.98 Å². The second-order valence-electron chi connectivity index (χ2n) is 3.86. The Hall–Kier alpha value is -2.54. The van der Waals surface area contributed by atoms with Crippen LogP contribution in [0.2, 0.25) is 0 Å². The van der Waals surface area contributed by atoms with Gasteiger partial charge in [-0.05, 0) is 0 Å². The molecule has 2 aromatic heterocycles. The van der Waals surface area contributed by atoms with E-state index in [1.807, 2.05) is 5.38 Å². The van der Waals surface area contributed by atoms with Crippen LogP contribution in [-0.4, -0.2) is 20.6 Å². The van der Waals surface area contributed by atoms with Gasteiger partial charge in [0, 0.05) is 29.3 Å². The Morgan fingerprint density at radius 1 is 1.42 bits per heavy atom. The number of hydrogen-bond donors (Lipinski definition) is 0. The van der Waals surface area contributed by atoms with Crippen LogP contribution in [0.25, 0.3) is 16.2 Å². The summed E-state index contributed by atoms with van der Waals surface area (Å²) in [6, 6.07) is 6.36. The quantitative estimate of drug-likeness (QED) is 0.417. The fourth-order valence-corrected chi connectivity index (χ4v) is 2.73. The van der Waals surface area contributed by atoms with Crippen LogP contribution in [0, 0.1) is 10.1 Å². The summed E-state index contributed by atoms with van der Waals surface area (Å²) in [6.07, 6.45) is 2.30. The first-order chi connectivity index (χ1) is 9.19. The van der Waals surface area contributed by atoms with Crippen molar-refractivity contribution in [1.29, 1.82) is 0 Å². The third-order valence-electron chi connectivity index (χ3n) is 2.70. The van der Waals surface area contributed by atoms with Crippen LogP contribution in [0.5, 0.6) is 0 Å². The van der Waals surface area contributed by atoms with Gasteiger partial charge in [-0.1, -0.05) is 12.1 Å². The molecule has 0 radical (unpaired) electrons. The minimum absolute atomic E-state index is 0.0348. The summed E-state index contributed by atoms with van der Waals surface area (Å²) in [4.78, 5) is 25.8. The number of nitrogens with zero attached hydrogens (tertiary/aromatic N) is 3. The lowest BCUT2D eigenvalue weighted by atomic mass is 10.1. The van der Waals surface area contributed by atoms with Crippen molar-refractivity contribution in [3.8, 4) is 11.3 Å². The lowest BCUT2D eigenvalue weighted by Gasteiger charge is -1.99. The second-order valence-corrected chi connectivity index (χ2v) is 4.70. The van der Waals surface area contributed by atoms with E-state index >= 15 is 0 Å². The molecule has 0 aliphatic heterocycles. The Bertz CT molecular complexity index is 790. The summed E-state index contributed by atoms with van der Waals surface area (Å²) >= 11 is 1.38. The molecule has 0 amide bonds. The fraction of sp³-hybridized carbons (Fsp3) is 0. The van der Waals surface area contributed by atoms with Crippen LogP contribution in [0.4, 0.5) is 5.69 Å². The number of nitro benzene ring substituents is 1. The van der Waals surface area contributed by atoms with Gasteiger partial charge in [0.25, 0.3) is 5.69 Å². The summed E-state index contributed by atoms with van der Waals surface area (Å²) in [7, 11) is 0. The molecule has 0 spiro atoms. The molecule has 0 bridgehead atoms. The van der Waals surface area contributed by atoms with Crippen LogP contribution in [-0.2, 0) is 0 Å². The molecule has 94 valence electrons. The van der Waals surface area contributed by atoms with E-state index in [0.29, 0.717) is 16.9 Å². The Morgan fingerprint density at radius 3 is 3.00 bits per heavy atom. The molecular weight excluding hydrogens is 266 g/mol. The van der Waals surface area contributed by atoms with E-state index in [4.69, 9.17) is 0 Å². The van der Waals surface area contributed by atoms with Crippen LogP contribution in [0.15, 0.2) is 35.8 Å². The zero-order valence-electron chi connectivity index (χ0n) is 9.52. The molecule has 3 aromatic rings. The summed E-state index contributed by atoms with van der Waals surface area (Å²) in [5, 5.41) is 12.6. The largest absolute Gasteiger partial charge is 0.296 e. The third-order valence-corrected chi connectivity index (χ3v) is 3.54. The number of aromatic nitrogens is 2. The first-order valence-electron chi connectivity index (χ1n) is 5.35. The van der Waals surface area contributed by atoms with Gasteiger partial charge in [-0.3, -0.25) is 19.3 Å². The highest BCUT2D eigenvalue weighted by Crippen LogP contribution is 2.28. The van der Waals surface area contributed by atoms with Crippen LogP contribution >= 0.6 is 11.3 Å². The Labute approximate surface area is 111 Å². The first kappa shape index (κ1) is 11.5. The molecule has 0 aliphatic rings. The summed E-state index contributed by atoms with van der Waals surface area (Å²) in [5.74, 6) is 0. The van der Waals surface area contributed by atoms with Gasteiger partial charge in [0.05, 0.1) is 10.6 Å².